The van der Waals surface area contributed by atoms with Gasteiger partial charge in [-0.05, 0) is 43.9 Å². The number of esters is 1. The molecule has 0 radical (unpaired) electrons. The zero-order valence-corrected chi connectivity index (χ0v) is 28.2. The third-order valence-corrected chi connectivity index (χ3v) is 14.0. The van der Waals surface area contributed by atoms with E-state index in [4.69, 9.17) is 18.9 Å². The highest BCUT2D eigenvalue weighted by atomic mass is 16.5. The van der Waals surface area contributed by atoms with Crippen molar-refractivity contribution >= 4 is 29.3 Å². The van der Waals surface area contributed by atoms with Gasteiger partial charge in [-0.15, -0.1) is 0 Å². The Balaban J connectivity index is 1.23. The largest absolute Gasteiger partial charge is 0.461 e. The molecule has 1 spiro atoms. The highest BCUT2D eigenvalue weighted by molar-refractivity contribution is 6.22. The van der Waals surface area contributed by atoms with E-state index in [9.17, 15) is 29.4 Å². The number of ketones is 1. The van der Waals surface area contributed by atoms with Crippen molar-refractivity contribution in [3.63, 3.8) is 0 Å². The van der Waals surface area contributed by atoms with Crippen LogP contribution >= 0.6 is 0 Å². The van der Waals surface area contributed by atoms with Crippen LogP contribution in [0.25, 0.3) is 0 Å². The molecule has 2 aliphatic heterocycles. The van der Waals surface area contributed by atoms with Crippen molar-refractivity contribution < 1.29 is 48.3 Å². The number of hydrogen-bond donors (Lipinski definition) is 2. The molecule has 0 aromatic heterocycles. The van der Waals surface area contributed by atoms with Gasteiger partial charge in [-0.25, -0.2) is 9.69 Å². The molecule has 7 fully saturated rings. The molecule has 48 heavy (non-hydrogen) atoms. The molecule has 0 unspecified atom stereocenters. The average Bonchev–Trinajstić information content (AvgIpc) is 3.56. The van der Waals surface area contributed by atoms with E-state index in [-0.39, 0.29) is 66.2 Å². The molecule has 2 heterocycles. The van der Waals surface area contributed by atoms with Crippen molar-refractivity contribution in [1.82, 2.24) is 4.90 Å². The summed E-state index contributed by atoms with van der Waals surface area (Å²) in [4.78, 5) is 57.2. The van der Waals surface area contributed by atoms with Crippen molar-refractivity contribution in [2.75, 3.05) is 45.9 Å². The quantitative estimate of drug-likeness (QED) is 0.307. The number of para-hydroxylation sites is 1. The van der Waals surface area contributed by atoms with Crippen LogP contribution in [0, 0.1) is 40.4 Å². The number of nitrogens with zero attached hydrogens (tertiary/aromatic N) is 2. The molecule has 260 valence electrons. The molecule has 7 bridgehead atoms. The minimum absolute atomic E-state index is 0.0195. The molecule has 12 nitrogen and oxygen atoms in total. The van der Waals surface area contributed by atoms with Crippen LogP contribution in [0.4, 0.5) is 5.69 Å². The molecule has 8 rings (SSSR count). The average molecular weight is 667 g/mol. The van der Waals surface area contributed by atoms with E-state index in [0.29, 0.717) is 32.4 Å². The molecule has 5 aliphatic carbocycles. The van der Waals surface area contributed by atoms with Crippen LogP contribution in [0.3, 0.4) is 0 Å². The van der Waals surface area contributed by atoms with Crippen molar-refractivity contribution in [2.24, 2.45) is 40.4 Å². The summed E-state index contributed by atoms with van der Waals surface area (Å²) in [6, 6.07) is 5.93. The monoisotopic (exact) mass is 666 g/mol. The summed E-state index contributed by atoms with van der Waals surface area (Å²) >= 11 is 0. The lowest BCUT2D eigenvalue weighted by Crippen LogP contribution is -2.81. The number of carbonyl (C=O) groups excluding carboxylic acids is 4. The zero-order valence-electron chi connectivity index (χ0n) is 28.2. The number of anilines is 1. The van der Waals surface area contributed by atoms with E-state index in [0.717, 1.165) is 4.90 Å². The second-order valence-electron chi connectivity index (χ2n) is 15.5. The lowest BCUT2D eigenvalue weighted by atomic mass is 9.42. The number of Topliss-reactive ketones (excluding diaryl/α,β-unsaturated/α-hetero) is 1. The van der Waals surface area contributed by atoms with Gasteiger partial charge in [0.2, 0.25) is 11.8 Å². The molecule has 5 saturated carbocycles. The van der Waals surface area contributed by atoms with Gasteiger partial charge in [0.25, 0.3) is 0 Å². The van der Waals surface area contributed by atoms with Gasteiger partial charge < -0.3 is 29.2 Å². The number of hydrogen-bond acceptors (Lipinski definition) is 11. The van der Waals surface area contributed by atoms with Gasteiger partial charge in [0, 0.05) is 69.3 Å². The van der Waals surface area contributed by atoms with Crippen LogP contribution in [0.15, 0.2) is 24.3 Å². The van der Waals surface area contributed by atoms with Crippen LogP contribution in [0.1, 0.15) is 56.3 Å². The Bertz CT molecular complexity index is 1580. The maximum absolute atomic E-state index is 14.1. The van der Waals surface area contributed by atoms with Gasteiger partial charge in [0.05, 0.1) is 48.1 Å². The molecule has 1 aromatic rings. The van der Waals surface area contributed by atoms with E-state index < -0.39 is 64.0 Å². The lowest BCUT2D eigenvalue weighted by Gasteiger charge is -2.69. The number of piperidine rings is 1. The molecular formula is C36H46N2O10. The second-order valence-corrected chi connectivity index (χ2v) is 15.5. The van der Waals surface area contributed by atoms with Crippen LogP contribution < -0.4 is 4.90 Å². The fourth-order valence-electron chi connectivity index (χ4n) is 12.6. The SMILES string of the molecule is CCN1C[C@]2(COC(=O)c3ccccc3N3C(=O)C[C@H](C)C3=O)CC[C@H](OC)[C@@]34[C@@H]5C[C@H]6C(=O)[C@@H]5[C@](O)(C[C@@H]6OC)[C@](O)([C@@H](OC)[C@H]23)[C@@H]14. The number of ether oxygens (including phenoxy) is 4. The fraction of sp³-hybridized carbons (Fsp3) is 0.722. The van der Waals surface area contributed by atoms with E-state index in [1.807, 2.05) is 6.92 Å². The predicted molar refractivity (Wildman–Crippen MR) is 169 cm³/mol. The number of imide groups is 1. The van der Waals surface area contributed by atoms with Crippen LogP contribution in [-0.2, 0) is 33.3 Å². The standard InChI is InChI=1S/C36H46N2O10/c1-6-37-16-33(17-48-31(42)19-9-7-8-10-22(19)38-25(39)13-18(2)30(38)41)12-11-24(46-4)35-21-14-20-23(45-3)15-34(43,26(21)27(20)40)36(44,32(35)37)29(47-5)28(33)35/h7-10,18,20-21,23-24,26,28-29,32,43-44H,6,11-17H2,1-5H3/t18-,20+,21+,23-,24-,26+,28+,29-,32-,33-,34+,35-,36-/m0/s1. The first-order chi connectivity index (χ1) is 22.9. The summed E-state index contributed by atoms with van der Waals surface area (Å²) in [7, 11) is 4.78. The normalized spacial score (nSPS) is 47.2. The molecule has 2 saturated heterocycles. The topological polar surface area (TPSA) is 152 Å². The first-order valence-corrected chi connectivity index (χ1v) is 17.3. The summed E-state index contributed by atoms with van der Waals surface area (Å²) in [5.74, 6) is -3.81. The minimum atomic E-state index is -1.84. The molecular weight excluding hydrogens is 620 g/mol. The van der Waals surface area contributed by atoms with Gasteiger partial charge in [0.1, 0.15) is 17.0 Å². The number of benzene rings is 1. The maximum Gasteiger partial charge on any atom is 0.340 e. The molecule has 7 aliphatic rings. The lowest BCUT2D eigenvalue weighted by molar-refractivity contribution is -0.300. The number of aliphatic hydroxyl groups is 2. The summed E-state index contributed by atoms with van der Waals surface area (Å²) in [5, 5.41) is 26.1. The molecule has 1 aromatic carbocycles. The fourth-order valence-corrected chi connectivity index (χ4v) is 12.6. The molecule has 12 heteroatoms. The third-order valence-electron chi connectivity index (χ3n) is 14.0. The van der Waals surface area contributed by atoms with Gasteiger partial charge in [-0.1, -0.05) is 26.0 Å². The molecule has 2 N–H and O–H groups in total. The van der Waals surface area contributed by atoms with Crippen molar-refractivity contribution in [1.29, 1.82) is 0 Å². The van der Waals surface area contributed by atoms with E-state index >= 15 is 0 Å². The number of likely N-dealkylation sites (tertiary alicyclic amines) is 1. The Labute approximate surface area is 280 Å². The summed E-state index contributed by atoms with van der Waals surface area (Å²) < 4.78 is 24.7. The molecule has 2 amide bonds. The minimum Gasteiger partial charge on any atom is -0.461 e. The summed E-state index contributed by atoms with van der Waals surface area (Å²) in [6.07, 6.45) is 0.178. The highest BCUT2D eigenvalue weighted by Gasteiger charge is 2.91. The Morgan fingerprint density at radius 1 is 1.06 bits per heavy atom. The Kier molecular flexibility index (Phi) is 7.19. The number of amides is 2. The van der Waals surface area contributed by atoms with Crippen molar-refractivity contribution in [3.05, 3.63) is 29.8 Å². The van der Waals surface area contributed by atoms with Crippen molar-refractivity contribution in [3.8, 4) is 0 Å². The number of carbonyl (C=O) groups is 4. The second kappa shape index (κ2) is 10.6. The van der Waals surface area contributed by atoms with Gasteiger partial charge in [-0.3, -0.25) is 19.3 Å². The molecule has 13 atom stereocenters. The van der Waals surface area contributed by atoms with E-state index in [1.54, 1.807) is 52.5 Å². The Morgan fingerprint density at radius 3 is 2.46 bits per heavy atom. The number of fused-ring (bicyclic) bond motifs is 2. The van der Waals surface area contributed by atoms with Crippen LogP contribution in [-0.4, -0.2) is 115 Å². The van der Waals surface area contributed by atoms with Crippen molar-refractivity contribution in [2.45, 2.75) is 81.5 Å². The smallest absolute Gasteiger partial charge is 0.340 e. The number of methoxy groups -OCH3 is 3. The van der Waals surface area contributed by atoms with E-state index in [1.165, 1.54) is 0 Å². The first-order valence-electron chi connectivity index (χ1n) is 17.3. The van der Waals surface area contributed by atoms with E-state index in [2.05, 4.69) is 4.90 Å². The summed E-state index contributed by atoms with van der Waals surface area (Å²) in [5.41, 5.74) is -4.80. The van der Waals surface area contributed by atoms with Crippen LogP contribution in [0.2, 0.25) is 0 Å². The summed E-state index contributed by atoms with van der Waals surface area (Å²) in [6.45, 7) is 4.72. The predicted octanol–water partition coefficient (Wildman–Crippen LogP) is 1.59. The van der Waals surface area contributed by atoms with Gasteiger partial charge in [-0.2, -0.15) is 0 Å². The highest BCUT2D eigenvalue weighted by Crippen LogP contribution is 2.80. The van der Waals surface area contributed by atoms with Crippen LogP contribution in [0.5, 0.6) is 0 Å². The van der Waals surface area contributed by atoms with Gasteiger partial charge in [0.15, 0.2) is 0 Å². The zero-order chi connectivity index (χ0) is 34.1. The first kappa shape index (κ1) is 32.5. The number of rotatable bonds is 8. The third kappa shape index (κ3) is 3.56. The maximum atomic E-state index is 14.1. The number of likely N-dealkylation sites (N-methyl/N-ethyl adjacent to an activating group) is 1. The van der Waals surface area contributed by atoms with Gasteiger partial charge >= 0.3 is 5.97 Å². The Morgan fingerprint density at radius 2 is 1.81 bits per heavy atom. The Hall–Kier alpha value is -2.74.